The van der Waals surface area contributed by atoms with Crippen molar-refractivity contribution in [2.45, 2.75) is 4.83 Å². The quantitative estimate of drug-likeness (QED) is 0.304. The average Bonchev–Trinajstić information content (AvgIpc) is 1.38. The summed E-state index contributed by atoms with van der Waals surface area (Å²) in [5, 5.41) is 0.924. The number of hydrogen-bond donors (Lipinski definition) is 0. The summed E-state index contributed by atoms with van der Waals surface area (Å²) in [4.78, 5) is 0.363. The van der Waals surface area contributed by atoms with Gasteiger partial charge in [0.1, 0.15) is 0 Å². The van der Waals surface area contributed by atoms with Crippen LogP contribution in [0.25, 0.3) is 0 Å². The van der Waals surface area contributed by atoms with E-state index in [0.717, 1.165) is 5.33 Å². The van der Waals surface area contributed by atoms with Gasteiger partial charge in [0.25, 0.3) is 0 Å². The summed E-state index contributed by atoms with van der Waals surface area (Å²) in [5.41, 5.74) is 0. The molecule has 0 rings (SSSR count). The molecule has 0 aromatic heterocycles. The van der Waals surface area contributed by atoms with E-state index in [-0.39, 0.29) is 29.6 Å². The van der Waals surface area contributed by atoms with Crippen molar-refractivity contribution in [3.8, 4) is 0 Å². The average molecular weight is 224 g/mol. The zero-order valence-electron chi connectivity index (χ0n) is 3.75. The first kappa shape index (κ1) is 10.9. The van der Waals surface area contributed by atoms with E-state index in [1.165, 1.54) is 0 Å². The first-order valence-electron chi connectivity index (χ1n) is 1.30. The zero-order valence-corrected chi connectivity index (χ0v) is 8.92. The molecule has 0 radical (unpaired) electrons. The van der Waals surface area contributed by atoms with Gasteiger partial charge in [-0.05, 0) is 5.33 Å². The molecule has 0 N–H and O–H groups in total. The van der Waals surface area contributed by atoms with Gasteiger partial charge in [0.15, 0.2) is 0 Å². The molecule has 0 saturated heterocycles. The molecule has 0 aliphatic rings. The SMILES string of the molecule is [CH2-]C(Br)CBr.[Na+]. The third-order valence-electron chi connectivity index (χ3n) is 0.167. The molecule has 1 unspecified atom stereocenters. The van der Waals surface area contributed by atoms with E-state index in [9.17, 15) is 0 Å². The summed E-state index contributed by atoms with van der Waals surface area (Å²) in [6.07, 6.45) is 0. The van der Waals surface area contributed by atoms with Crippen LogP contribution >= 0.6 is 31.9 Å². The van der Waals surface area contributed by atoms with E-state index >= 15 is 0 Å². The van der Waals surface area contributed by atoms with Crippen LogP contribution < -0.4 is 29.6 Å². The largest absolute Gasteiger partial charge is 1.00 e. The van der Waals surface area contributed by atoms with Crippen LogP contribution in [0.2, 0.25) is 0 Å². The van der Waals surface area contributed by atoms with E-state index in [4.69, 9.17) is 0 Å². The van der Waals surface area contributed by atoms with Crippen LogP contribution in [0.4, 0.5) is 0 Å². The van der Waals surface area contributed by atoms with Crippen molar-refractivity contribution in [3.05, 3.63) is 6.92 Å². The van der Waals surface area contributed by atoms with Crippen molar-refractivity contribution in [2.75, 3.05) is 5.33 Å². The summed E-state index contributed by atoms with van der Waals surface area (Å²) in [6, 6.07) is 0. The van der Waals surface area contributed by atoms with Crippen LogP contribution in [-0.4, -0.2) is 10.2 Å². The van der Waals surface area contributed by atoms with Gasteiger partial charge in [-0.15, -0.1) is 20.8 Å². The Morgan fingerprint density at radius 3 is 1.83 bits per heavy atom. The van der Waals surface area contributed by atoms with Crippen LogP contribution in [0, 0.1) is 6.92 Å². The maximum Gasteiger partial charge on any atom is 1.00 e. The fourth-order valence-electron chi connectivity index (χ4n) is 0. The van der Waals surface area contributed by atoms with Gasteiger partial charge in [-0.2, -0.15) is 0 Å². The second kappa shape index (κ2) is 6.96. The number of alkyl halides is 2. The topological polar surface area (TPSA) is 0 Å². The van der Waals surface area contributed by atoms with E-state index in [1.54, 1.807) is 0 Å². The van der Waals surface area contributed by atoms with Crippen molar-refractivity contribution >= 4 is 31.9 Å². The standard InChI is InChI=1S/C3H5Br2.Na/c1-3(5)2-4;/h3H,1-2H2;/q-1;+1. The van der Waals surface area contributed by atoms with Gasteiger partial charge in [0.05, 0.1) is 0 Å². The van der Waals surface area contributed by atoms with E-state index in [2.05, 4.69) is 38.8 Å². The van der Waals surface area contributed by atoms with Crippen molar-refractivity contribution in [3.63, 3.8) is 0 Å². The van der Waals surface area contributed by atoms with Crippen LogP contribution in [-0.2, 0) is 0 Å². The summed E-state index contributed by atoms with van der Waals surface area (Å²) in [7, 11) is 0. The Morgan fingerprint density at radius 1 is 1.67 bits per heavy atom. The third kappa shape index (κ3) is 9.35. The monoisotopic (exact) mass is 222 g/mol. The Morgan fingerprint density at radius 2 is 1.83 bits per heavy atom. The minimum absolute atomic E-state index is 0. The predicted molar refractivity (Wildman–Crippen MR) is 31.9 cm³/mol. The van der Waals surface area contributed by atoms with Crippen molar-refractivity contribution in [1.29, 1.82) is 0 Å². The normalized spacial score (nSPS) is 12.5. The van der Waals surface area contributed by atoms with E-state index < -0.39 is 0 Å². The summed E-state index contributed by atoms with van der Waals surface area (Å²) in [5.74, 6) is 0. The number of hydrogen-bond acceptors (Lipinski definition) is 0. The second-order valence-corrected chi connectivity index (χ2v) is 2.69. The number of rotatable bonds is 1. The molecule has 0 spiro atoms. The van der Waals surface area contributed by atoms with E-state index in [0.29, 0.717) is 4.83 Å². The fourth-order valence-corrected chi connectivity index (χ4v) is 0. The van der Waals surface area contributed by atoms with Gasteiger partial charge in [-0.1, -0.05) is 15.9 Å². The summed E-state index contributed by atoms with van der Waals surface area (Å²) >= 11 is 6.42. The summed E-state index contributed by atoms with van der Waals surface area (Å²) < 4.78 is 0. The molecule has 0 aliphatic carbocycles. The van der Waals surface area contributed by atoms with Crippen LogP contribution in [0.15, 0.2) is 0 Å². The van der Waals surface area contributed by atoms with Crippen molar-refractivity contribution in [2.24, 2.45) is 0 Å². The molecule has 0 saturated carbocycles. The van der Waals surface area contributed by atoms with Crippen LogP contribution in [0.1, 0.15) is 0 Å². The Balaban J connectivity index is 0. The maximum absolute atomic E-state index is 3.63. The molecule has 0 heterocycles. The Labute approximate surface area is 77.6 Å². The summed E-state index contributed by atoms with van der Waals surface area (Å²) in [6.45, 7) is 3.63. The van der Waals surface area contributed by atoms with Gasteiger partial charge in [0, 0.05) is 0 Å². The van der Waals surface area contributed by atoms with Gasteiger partial charge in [0.2, 0.25) is 0 Å². The van der Waals surface area contributed by atoms with Crippen LogP contribution in [0.5, 0.6) is 0 Å². The molecular weight excluding hydrogens is 219 g/mol. The fraction of sp³-hybridized carbons (Fsp3) is 0.667. The molecular formula is C3H5Br2Na. The molecule has 0 bridgehead atoms. The number of halogens is 2. The van der Waals surface area contributed by atoms with Gasteiger partial charge in [-0.25, -0.2) is 0 Å². The van der Waals surface area contributed by atoms with Crippen molar-refractivity contribution in [1.82, 2.24) is 0 Å². The molecule has 0 aliphatic heterocycles. The van der Waals surface area contributed by atoms with Gasteiger partial charge >= 0.3 is 29.6 Å². The Hall–Kier alpha value is 1.96. The molecule has 0 amide bonds. The minimum Gasteiger partial charge on any atom is -0.329 e. The van der Waals surface area contributed by atoms with Gasteiger partial charge in [-0.3, -0.25) is 0 Å². The minimum atomic E-state index is 0. The second-order valence-electron chi connectivity index (χ2n) is 0.752. The zero-order chi connectivity index (χ0) is 4.28. The van der Waals surface area contributed by atoms with Crippen molar-refractivity contribution < 1.29 is 29.6 Å². The maximum atomic E-state index is 3.63. The molecule has 1 atom stereocenters. The molecule has 0 aromatic rings. The molecule has 6 heavy (non-hydrogen) atoms. The molecule has 0 fully saturated rings. The smallest absolute Gasteiger partial charge is 0.329 e. The predicted octanol–water partition coefficient (Wildman–Crippen LogP) is -1.02. The molecule has 0 nitrogen and oxygen atoms in total. The molecule has 3 heteroatoms. The molecule has 32 valence electrons. The molecule has 0 aromatic carbocycles. The van der Waals surface area contributed by atoms with Crippen LogP contribution in [0.3, 0.4) is 0 Å². The van der Waals surface area contributed by atoms with E-state index in [1.807, 2.05) is 0 Å². The Kier molecular flexibility index (Phi) is 12.6. The Bertz CT molecular complexity index is 22.8. The third-order valence-corrected chi connectivity index (χ3v) is 2.14. The first-order valence-corrected chi connectivity index (χ1v) is 3.34. The van der Waals surface area contributed by atoms with Gasteiger partial charge < -0.3 is 6.92 Å². The first-order chi connectivity index (χ1) is 2.27.